The maximum Gasteiger partial charge on any atom is 0.229 e. The van der Waals surface area contributed by atoms with E-state index in [2.05, 4.69) is 46.9 Å². The first-order valence-corrected chi connectivity index (χ1v) is 12.4. The van der Waals surface area contributed by atoms with Crippen LogP contribution in [0.5, 0.6) is 0 Å². The molecule has 0 aromatic heterocycles. The van der Waals surface area contributed by atoms with E-state index in [4.69, 9.17) is 21.3 Å². The zero-order valence-electron chi connectivity index (χ0n) is 16.8. The van der Waals surface area contributed by atoms with Gasteiger partial charge < -0.3 is 9.33 Å². The molecule has 1 aromatic carbocycles. The van der Waals surface area contributed by atoms with Gasteiger partial charge in [0.15, 0.2) is 8.32 Å². The van der Waals surface area contributed by atoms with Gasteiger partial charge in [-0.3, -0.25) is 4.79 Å². The number of anilines is 1. The van der Waals surface area contributed by atoms with Crippen LogP contribution < -0.4 is 4.90 Å². The molecule has 0 N–H and O–H groups in total. The van der Waals surface area contributed by atoms with Crippen LogP contribution in [0.25, 0.3) is 0 Å². The molecule has 0 spiro atoms. The van der Waals surface area contributed by atoms with E-state index in [0.29, 0.717) is 17.0 Å². The molecule has 1 aromatic rings. The highest BCUT2D eigenvalue weighted by molar-refractivity contribution is 6.74. The van der Waals surface area contributed by atoms with Gasteiger partial charge in [0.05, 0.1) is 29.2 Å². The molecule has 0 unspecified atom stereocenters. The molecular formula is C20H29ClN2O2Si. The van der Waals surface area contributed by atoms with E-state index < -0.39 is 8.32 Å². The second-order valence-electron chi connectivity index (χ2n) is 8.54. The van der Waals surface area contributed by atoms with Crippen molar-refractivity contribution in [1.82, 2.24) is 0 Å². The van der Waals surface area contributed by atoms with Crippen LogP contribution >= 0.6 is 11.6 Å². The summed E-state index contributed by atoms with van der Waals surface area (Å²) in [5.74, 6) is 0.0597. The van der Waals surface area contributed by atoms with E-state index in [1.54, 1.807) is 6.07 Å². The van der Waals surface area contributed by atoms with Crippen LogP contribution in [-0.4, -0.2) is 26.4 Å². The summed E-state index contributed by atoms with van der Waals surface area (Å²) in [7, 11) is -1.98. The fraction of sp³-hybridized carbons (Fsp3) is 0.600. The number of halogens is 1. The number of carbonyl (C=O) groups excluding carboxylic acids is 1. The molecular weight excluding hydrogens is 364 g/mol. The molecule has 2 rings (SSSR count). The Morgan fingerprint density at radius 3 is 2.50 bits per heavy atom. The van der Waals surface area contributed by atoms with E-state index in [0.717, 1.165) is 17.7 Å². The largest absolute Gasteiger partial charge is 0.411 e. The lowest BCUT2D eigenvalue weighted by atomic mass is 10.1. The average Bonchev–Trinajstić information content (AvgIpc) is 2.83. The normalized spacial score (nSPS) is 21.2. The highest BCUT2D eigenvalue weighted by Gasteiger charge is 2.46. The summed E-state index contributed by atoms with van der Waals surface area (Å²) in [5.41, 5.74) is 1.99. The summed E-state index contributed by atoms with van der Waals surface area (Å²) in [5, 5.41) is 9.68. The summed E-state index contributed by atoms with van der Waals surface area (Å²) in [6.07, 6.45) is 1.09. The van der Waals surface area contributed by atoms with Crippen molar-refractivity contribution < 1.29 is 9.22 Å². The van der Waals surface area contributed by atoms with Crippen LogP contribution in [0.3, 0.4) is 0 Å². The molecule has 0 bridgehead atoms. The average molecular weight is 393 g/mol. The van der Waals surface area contributed by atoms with Crippen molar-refractivity contribution in [3.63, 3.8) is 0 Å². The second-order valence-corrected chi connectivity index (χ2v) is 13.7. The van der Waals surface area contributed by atoms with Gasteiger partial charge >= 0.3 is 0 Å². The van der Waals surface area contributed by atoms with Crippen molar-refractivity contribution in [2.75, 3.05) is 4.90 Å². The number of hydrogen-bond donors (Lipinski definition) is 0. The summed E-state index contributed by atoms with van der Waals surface area (Å²) >= 11 is 6.33. The van der Waals surface area contributed by atoms with Crippen molar-refractivity contribution in [2.45, 2.75) is 77.7 Å². The van der Waals surface area contributed by atoms with Crippen molar-refractivity contribution in [2.24, 2.45) is 0 Å². The molecule has 1 amide bonds. The monoisotopic (exact) mass is 392 g/mol. The van der Waals surface area contributed by atoms with Crippen LogP contribution in [0.4, 0.5) is 5.69 Å². The Balaban J connectivity index is 2.39. The first-order chi connectivity index (χ1) is 11.9. The minimum atomic E-state index is -1.98. The lowest BCUT2D eigenvalue weighted by Gasteiger charge is -2.40. The highest BCUT2D eigenvalue weighted by atomic mass is 35.5. The summed E-state index contributed by atoms with van der Waals surface area (Å²) in [4.78, 5) is 14.7. The van der Waals surface area contributed by atoms with Gasteiger partial charge in [0.2, 0.25) is 5.91 Å². The molecule has 1 heterocycles. The smallest absolute Gasteiger partial charge is 0.229 e. The summed E-state index contributed by atoms with van der Waals surface area (Å²) in [6.45, 7) is 15.0. The Morgan fingerprint density at radius 1 is 1.38 bits per heavy atom. The SMILES string of the molecule is CC[C@H]1[C@H](O[Si](C)(C)C(C)(C)C)CC(=O)N1c1ccc(C#N)c(Cl)c1C. The second kappa shape index (κ2) is 7.34. The Hall–Kier alpha value is -1.35. The lowest BCUT2D eigenvalue weighted by molar-refractivity contribution is -0.117. The maximum absolute atomic E-state index is 12.9. The van der Waals surface area contributed by atoms with Gasteiger partial charge in [-0.1, -0.05) is 39.3 Å². The molecule has 0 radical (unpaired) electrons. The number of nitrogens with zero attached hydrogens (tertiary/aromatic N) is 2. The van der Waals surface area contributed by atoms with Crippen molar-refractivity contribution >= 4 is 31.5 Å². The third-order valence-corrected chi connectivity index (χ3v) is 10.8. The van der Waals surface area contributed by atoms with E-state index >= 15 is 0 Å². The number of nitriles is 1. The number of amides is 1. The minimum Gasteiger partial charge on any atom is -0.411 e. The number of hydrogen-bond acceptors (Lipinski definition) is 3. The van der Waals surface area contributed by atoms with Crippen LogP contribution in [-0.2, 0) is 9.22 Å². The zero-order valence-corrected chi connectivity index (χ0v) is 18.6. The highest BCUT2D eigenvalue weighted by Crippen LogP contribution is 2.41. The van der Waals surface area contributed by atoms with Gasteiger partial charge in [0.1, 0.15) is 6.07 Å². The van der Waals surface area contributed by atoms with Crippen LogP contribution in [0.1, 0.15) is 51.7 Å². The predicted molar refractivity (Wildman–Crippen MR) is 109 cm³/mol. The molecule has 142 valence electrons. The van der Waals surface area contributed by atoms with E-state index in [9.17, 15) is 4.79 Å². The molecule has 1 aliphatic heterocycles. The summed E-state index contributed by atoms with van der Waals surface area (Å²) < 4.78 is 6.59. The third-order valence-electron chi connectivity index (χ3n) is 5.81. The Kier molecular flexibility index (Phi) is 5.92. The molecule has 4 nitrogen and oxygen atoms in total. The van der Waals surface area contributed by atoms with Gasteiger partial charge in [0, 0.05) is 5.69 Å². The van der Waals surface area contributed by atoms with Crippen molar-refractivity contribution in [3.05, 3.63) is 28.3 Å². The first-order valence-electron chi connectivity index (χ1n) is 9.13. The fourth-order valence-electron chi connectivity index (χ4n) is 3.21. The van der Waals surface area contributed by atoms with Gasteiger partial charge in [-0.15, -0.1) is 0 Å². The Labute approximate surface area is 163 Å². The van der Waals surface area contributed by atoms with Gasteiger partial charge in [-0.25, -0.2) is 0 Å². The Morgan fingerprint density at radius 2 is 2.00 bits per heavy atom. The third kappa shape index (κ3) is 3.69. The molecule has 0 aliphatic carbocycles. The lowest BCUT2D eigenvalue weighted by Crippen LogP contribution is -2.47. The molecule has 0 saturated carbocycles. The molecule has 1 saturated heterocycles. The molecule has 1 fully saturated rings. The summed E-state index contributed by atoms with van der Waals surface area (Å²) in [6, 6.07) is 5.59. The van der Waals surface area contributed by atoms with Crippen molar-refractivity contribution in [3.8, 4) is 6.07 Å². The van der Waals surface area contributed by atoms with Crippen LogP contribution in [0, 0.1) is 18.3 Å². The van der Waals surface area contributed by atoms with Gasteiger partial charge in [-0.05, 0) is 49.2 Å². The molecule has 1 aliphatic rings. The minimum absolute atomic E-state index is 0.0145. The van der Waals surface area contributed by atoms with Crippen LogP contribution in [0.15, 0.2) is 12.1 Å². The topological polar surface area (TPSA) is 53.3 Å². The number of carbonyl (C=O) groups is 1. The predicted octanol–water partition coefficient (Wildman–Crippen LogP) is 5.43. The van der Waals surface area contributed by atoms with E-state index in [-0.39, 0.29) is 23.1 Å². The Bertz CT molecular complexity index is 749. The van der Waals surface area contributed by atoms with Gasteiger partial charge in [0.25, 0.3) is 0 Å². The number of benzene rings is 1. The van der Waals surface area contributed by atoms with Crippen molar-refractivity contribution in [1.29, 1.82) is 5.26 Å². The van der Waals surface area contributed by atoms with Crippen LogP contribution in [0.2, 0.25) is 23.2 Å². The zero-order chi connectivity index (χ0) is 19.9. The van der Waals surface area contributed by atoms with E-state index in [1.165, 1.54) is 0 Å². The number of rotatable bonds is 4. The fourth-order valence-corrected chi connectivity index (χ4v) is 4.77. The first kappa shape index (κ1) is 21.0. The quantitative estimate of drug-likeness (QED) is 0.642. The molecule has 6 heteroatoms. The molecule has 26 heavy (non-hydrogen) atoms. The standard InChI is InChI=1S/C20H29ClN2O2Si/c1-8-15-17(25-26(6,7)20(3,4)5)11-18(24)23(15)16-10-9-14(12-22)19(21)13(16)2/h9-10,15,17H,8,11H2,1-7H3/t15-,17+/m0/s1. The van der Waals surface area contributed by atoms with Gasteiger partial charge in [-0.2, -0.15) is 5.26 Å². The molecule has 2 atom stereocenters. The maximum atomic E-state index is 12.9. The van der Waals surface area contributed by atoms with E-state index in [1.807, 2.05) is 17.9 Å².